The molecule has 0 radical (unpaired) electrons. The first kappa shape index (κ1) is 14.4. The van der Waals surface area contributed by atoms with E-state index in [2.05, 4.69) is 9.97 Å². The van der Waals surface area contributed by atoms with E-state index in [9.17, 15) is 20.4 Å². The van der Waals surface area contributed by atoms with E-state index >= 15 is 0 Å². The molecule has 0 bridgehead atoms. The molecule has 21 heavy (non-hydrogen) atoms. The summed E-state index contributed by atoms with van der Waals surface area (Å²) in [5, 5.41) is 38.9. The number of aliphatic hydroxyl groups is 4. The number of aryl methyl sites for hydroxylation is 1. The van der Waals surface area contributed by atoms with Crippen molar-refractivity contribution in [3.05, 3.63) is 29.6 Å². The van der Waals surface area contributed by atoms with Gasteiger partial charge in [0, 0.05) is 0 Å². The Bertz CT molecular complexity index is 641. The first-order valence-corrected chi connectivity index (χ1v) is 6.78. The largest absolute Gasteiger partial charge is 0.394 e. The predicted molar refractivity (Wildman–Crippen MR) is 73.6 cm³/mol. The lowest BCUT2D eigenvalue weighted by atomic mass is 9.95. The van der Waals surface area contributed by atoms with Crippen LogP contribution in [0.1, 0.15) is 17.5 Å². The van der Waals surface area contributed by atoms with Crippen LogP contribution in [-0.2, 0) is 4.74 Å². The van der Waals surface area contributed by atoms with E-state index in [1.54, 1.807) is 0 Å². The summed E-state index contributed by atoms with van der Waals surface area (Å²) in [7, 11) is 0. The van der Waals surface area contributed by atoms with E-state index in [4.69, 9.17) is 4.74 Å². The second-order valence-electron chi connectivity index (χ2n) is 5.39. The number of hydrogen-bond acceptors (Lipinski definition) is 6. The fourth-order valence-corrected chi connectivity index (χ4v) is 2.61. The molecule has 3 rings (SSSR count). The zero-order chi connectivity index (χ0) is 15.1. The molecule has 1 saturated heterocycles. The average Bonchev–Trinajstić information content (AvgIpc) is 2.88. The van der Waals surface area contributed by atoms with E-state index in [1.165, 1.54) is 0 Å². The molecule has 1 aliphatic heterocycles. The lowest BCUT2D eigenvalue weighted by molar-refractivity contribution is -0.233. The molecule has 1 aliphatic rings. The van der Waals surface area contributed by atoms with Crippen LogP contribution in [0.4, 0.5) is 0 Å². The van der Waals surface area contributed by atoms with Crippen molar-refractivity contribution in [3.8, 4) is 0 Å². The maximum atomic E-state index is 10.1. The molecule has 1 aromatic heterocycles. The van der Waals surface area contributed by atoms with Gasteiger partial charge >= 0.3 is 0 Å². The van der Waals surface area contributed by atoms with Gasteiger partial charge in [-0.05, 0) is 24.6 Å². The quantitative estimate of drug-likeness (QED) is 0.504. The number of H-pyrrole nitrogens is 1. The average molecular weight is 294 g/mol. The third-order valence-corrected chi connectivity index (χ3v) is 3.82. The van der Waals surface area contributed by atoms with Crippen LogP contribution in [0.5, 0.6) is 0 Å². The Morgan fingerprint density at radius 2 is 1.95 bits per heavy atom. The minimum absolute atomic E-state index is 0.354. The van der Waals surface area contributed by atoms with Crippen molar-refractivity contribution < 1.29 is 25.2 Å². The molecule has 7 nitrogen and oxygen atoms in total. The summed E-state index contributed by atoms with van der Waals surface area (Å²) in [6, 6.07) is 5.67. The van der Waals surface area contributed by atoms with Crippen molar-refractivity contribution in [2.45, 2.75) is 37.4 Å². The highest BCUT2D eigenvalue weighted by Crippen LogP contribution is 2.31. The van der Waals surface area contributed by atoms with Gasteiger partial charge in [-0.15, -0.1) is 0 Å². The maximum Gasteiger partial charge on any atom is 0.144 e. The smallest absolute Gasteiger partial charge is 0.144 e. The van der Waals surface area contributed by atoms with Gasteiger partial charge in [-0.2, -0.15) is 0 Å². The Morgan fingerprint density at radius 1 is 1.19 bits per heavy atom. The fraction of sp³-hybridized carbons (Fsp3) is 0.500. The topological polar surface area (TPSA) is 119 Å². The molecule has 5 atom stereocenters. The van der Waals surface area contributed by atoms with Gasteiger partial charge in [0.1, 0.15) is 36.3 Å². The van der Waals surface area contributed by atoms with Gasteiger partial charge in [-0.25, -0.2) is 4.98 Å². The molecule has 1 fully saturated rings. The molecule has 0 saturated carbocycles. The molecule has 2 heterocycles. The Kier molecular flexibility index (Phi) is 3.68. The van der Waals surface area contributed by atoms with Crippen LogP contribution in [0.2, 0.25) is 0 Å². The van der Waals surface area contributed by atoms with E-state index in [-0.39, 0.29) is 0 Å². The first-order chi connectivity index (χ1) is 10.0. The van der Waals surface area contributed by atoms with Crippen molar-refractivity contribution in [1.82, 2.24) is 9.97 Å². The van der Waals surface area contributed by atoms with Crippen LogP contribution in [-0.4, -0.2) is 61.4 Å². The highest BCUT2D eigenvalue weighted by molar-refractivity contribution is 5.75. The van der Waals surface area contributed by atoms with Crippen molar-refractivity contribution in [2.24, 2.45) is 0 Å². The molecule has 5 N–H and O–H groups in total. The number of aromatic nitrogens is 2. The molecule has 2 aromatic rings. The number of fused-ring (bicyclic) bond motifs is 1. The van der Waals surface area contributed by atoms with Crippen LogP contribution in [0.3, 0.4) is 0 Å². The van der Waals surface area contributed by atoms with Gasteiger partial charge in [0.25, 0.3) is 0 Å². The molecule has 7 heteroatoms. The monoisotopic (exact) mass is 294 g/mol. The second kappa shape index (κ2) is 5.36. The normalized spacial score (nSPS) is 33.5. The minimum Gasteiger partial charge on any atom is -0.394 e. The summed E-state index contributed by atoms with van der Waals surface area (Å²) in [4.78, 5) is 7.39. The van der Waals surface area contributed by atoms with Crippen molar-refractivity contribution in [2.75, 3.05) is 6.61 Å². The van der Waals surface area contributed by atoms with Crippen LogP contribution in [0.25, 0.3) is 11.0 Å². The molecular formula is C14H18N2O5. The maximum absolute atomic E-state index is 10.1. The summed E-state index contributed by atoms with van der Waals surface area (Å²) in [5.74, 6) is 0.354. The Morgan fingerprint density at radius 3 is 2.67 bits per heavy atom. The van der Waals surface area contributed by atoms with Crippen LogP contribution < -0.4 is 0 Å². The SMILES string of the molecule is Cc1ccc2nc([C@H]3O[C@@H](CO)[C@H](O)[C@@H](O)[C@@H]3O)[nH]c2c1. The summed E-state index contributed by atoms with van der Waals surface area (Å²) >= 11 is 0. The summed E-state index contributed by atoms with van der Waals surface area (Å²) in [6.07, 6.45) is -5.98. The number of nitrogens with one attached hydrogen (secondary N) is 1. The van der Waals surface area contributed by atoms with Crippen LogP contribution in [0, 0.1) is 6.92 Å². The van der Waals surface area contributed by atoms with Crippen LogP contribution in [0.15, 0.2) is 18.2 Å². The van der Waals surface area contributed by atoms with Gasteiger partial charge in [0.15, 0.2) is 0 Å². The van der Waals surface area contributed by atoms with Gasteiger partial charge in [-0.1, -0.05) is 6.07 Å². The Labute approximate surface area is 120 Å². The van der Waals surface area contributed by atoms with Gasteiger partial charge in [0.2, 0.25) is 0 Å². The molecule has 1 aromatic carbocycles. The number of aromatic amines is 1. The summed E-state index contributed by atoms with van der Waals surface area (Å²) in [6.45, 7) is 1.49. The first-order valence-electron chi connectivity index (χ1n) is 6.78. The molecular weight excluding hydrogens is 276 g/mol. The number of imidazole rings is 1. The van der Waals surface area contributed by atoms with Crippen molar-refractivity contribution in [3.63, 3.8) is 0 Å². The summed E-state index contributed by atoms with van der Waals surface area (Å²) < 4.78 is 5.47. The standard InChI is InChI=1S/C14H18N2O5/c1-6-2-3-7-8(4-6)16-14(15-7)13-12(20)11(19)10(18)9(5-17)21-13/h2-4,9-13,17-20H,5H2,1H3,(H,15,16)/t9-,10-,11+,12-,13-/m0/s1. The minimum atomic E-state index is -1.41. The van der Waals surface area contributed by atoms with E-state index in [0.717, 1.165) is 11.1 Å². The molecule has 0 amide bonds. The fourth-order valence-electron chi connectivity index (χ4n) is 2.61. The zero-order valence-corrected chi connectivity index (χ0v) is 11.5. The van der Waals surface area contributed by atoms with E-state index in [1.807, 2.05) is 25.1 Å². The molecule has 0 aliphatic carbocycles. The lowest BCUT2D eigenvalue weighted by Crippen LogP contribution is -2.55. The number of rotatable bonds is 2. The van der Waals surface area contributed by atoms with Crippen LogP contribution >= 0.6 is 0 Å². The molecule has 114 valence electrons. The number of ether oxygens (including phenoxy) is 1. The third kappa shape index (κ3) is 2.43. The highest BCUT2D eigenvalue weighted by atomic mass is 16.5. The highest BCUT2D eigenvalue weighted by Gasteiger charge is 2.45. The van der Waals surface area contributed by atoms with Crippen molar-refractivity contribution >= 4 is 11.0 Å². The Hall–Kier alpha value is -1.51. The van der Waals surface area contributed by atoms with E-state index in [0.29, 0.717) is 11.3 Å². The summed E-state index contributed by atoms with van der Waals surface area (Å²) in [5.41, 5.74) is 2.57. The molecule has 0 spiro atoms. The van der Waals surface area contributed by atoms with Gasteiger partial charge in [-0.3, -0.25) is 0 Å². The number of aliphatic hydroxyl groups excluding tert-OH is 4. The predicted octanol–water partition coefficient (Wildman–Crippen LogP) is -0.614. The second-order valence-corrected chi connectivity index (χ2v) is 5.39. The lowest BCUT2D eigenvalue weighted by Gasteiger charge is -2.39. The number of hydrogen-bond donors (Lipinski definition) is 5. The Balaban J connectivity index is 1.96. The van der Waals surface area contributed by atoms with Crippen molar-refractivity contribution in [1.29, 1.82) is 0 Å². The van der Waals surface area contributed by atoms with Gasteiger partial charge < -0.3 is 30.1 Å². The molecule has 0 unspecified atom stereocenters. The zero-order valence-electron chi connectivity index (χ0n) is 11.5. The van der Waals surface area contributed by atoms with Gasteiger partial charge in [0.05, 0.1) is 17.6 Å². The number of benzene rings is 1. The number of nitrogens with zero attached hydrogens (tertiary/aromatic N) is 1. The third-order valence-electron chi connectivity index (χ3n) is 3.82. The van der Waals surface area contributed by atoms with E-state index < -0.39 is 37.1 Å².